The van der Waals surface area contributed by atoms with Gasteiger partial charge in [0.1, 0.15) is 6.54 Å². The van der Waals surface area contributed by atoms with Crippen molar-refractivity contribution >= 4 is 17.7 Å². The van der Waals surface area contributed by atoms with Crippen LogP contribution in [-0.2, 0) is 14.4 Å². The maximum atomic E-state index is 11.9. The van der Waals surface area contributed by atoms with Gasteiger partial charge in [0.05, 0.1) is 12.6 Å². The SMILES string of the molecule is CCC1NCC(=O)N(CC(=O)N(C)CC)C1=O. The van der Waals surface area contributed by atoms with Crippen molar-refractivity contribution in [1.82, 2.24) is 15.1 Å². The first-order chi connectivity index (χ1) is 8.01. The Morgan fingerprint density at radius 2 is 2.12 bits per heavy atom. The van der Waals surface area contributed by atoms with Gasteiger partial charge in [-0.1, -0.05) is 6.92 Å². The Morgan fingerprint density at radius 3 is 2.65 bits per heavy atom. The minimum absolute atomic E-state index is 0.118. The summed E-state index contributed by atoms with van der Waals surface area (Å²) < 4.78 is 0. The number of hydrogen-bond acceptors (Lipinski definition) is 4. The average molecular weight is 241 g/mol. The predicted molar refractivity (Wildman–Crippen MR) is 62.1 cm³/mol. The number of carbonyl (C=O) groups excluding carboxylic acids is 3. The summed E-state index contributed by atoms with van der Waals surface area (Å²) in [6.45, 7) is 4.23. The van der Waals surface area contributed by atoms with Crippen LogP contribution in [0.25, 0.3) is 0 Å². The van der Waals surface area contributed by atoms with Gasteiger partial charge in [0, 0.05) is 13.6 Å². The zero-order valence-electron chi connectivity index (χ0n) is 10.5. The minimum atomic E-state index is -0.354. The Hall–Kier alpha value is -1.43. The molecule has 0 aromatic rings. The fraction of sp³-hybridized carbons (Fsp3) is 0.727. The van der Waals surface area contributed by atoms with Gasteiger partial charge in [-0.15, -0.1) is 0 Å². The van der Waals surface area contributed by atoms with E-state index in [2.05, 4.69) is 5.32 Å². The molecule has 0 aliphatic carbocycles. The standard InChI is InChI=1S/C11H19N3O3/c1-4-8-11(17)14(9(15)6-12-8)7-10(16)13(3)5-2/h8,12H,4-7H2,1-3H3. The second-order valence-electron chi connectivity index (χ2n) is 4.07. The van der Waals surface area contributed by atoms with Crippen molar-refractivity contribution in [3.8, 4) is 0 Å². The van der Waals surface area contributed by atoms with Gasteiger partial charge in [-0.05, 0) is 13.3 Å². The lowest BCUT2D eigenvalue weighted by atomic mass is 10.1. The van der Waals surface area contributed by atoms with E-state index in [1.54, 1.807) is 7.05 Å². The zero-order chi connectivity index (χ0) is 13.0. The normalized spacial score (nSPS) is 20.6. The predicted octanol–water partition coefficient (Wildman–Crippen LogP) is -0.798. The monoisotopic (exact) mass is 241 g/mol. The first kappa shape index (κ1) is 13.6. The summed E-state index contributed by atoms with van der Waals surface area (Å²) in [4.78, 5) is 37.7. The topological polar surface area (TPSA) is 69.7 Å². The number of imide groups is 1. The summed E-state index contributed by atoms with van der Waals surface area (Å²) in [5.41, 5.74) is 0. The van der Waals surface area contributed by atoms with Crippen LogP contribution in [0.3, 0.4) is 0 Å². The molecule has 0 bridgehead atoms. The summed E-state index contributed by atoms with van der Waals surface area (Å²) in [5, 5.41) is 2.85. The summed E-state index contributed by atoms with van der Waals surface area (Å²) >= 11 is 0. The van der Waals surface area contributed by atoms with Gasteiger partial charge >= 0.3 is 0 Å². The number of hydrogen-bond donors (Lipinski definition) is 1. The number of likely N-dealkylation sites (N-methyl/N-ethyl adjacent to an activating group) is 1. The second-order valence-corrected chi connectivity index (χ2v) is 4.07. The molecule has 1 saturated heterocycles. The summed E-state index contributed by atoms with van der Waals surface area (Å²) in [7, 11) is 1.65. The Morgan fingerprint density at radius 1 is 1.47 bits per heavy atom. The van der Waals surface area contributed by atoms with Crippen LogP contribution in [0.1, 0.15) is 20.3 Å². The van der Waals surface area contributed by atoms with Crippen LogP contribution in [0, 0.1) is 0 Å². The van der Waals surface area contributed by atoms with Gasteiger partial charge in [0.25, 0.3) is 0 Å². The van der Waals surface area contributed by atoms with E-state index in [0.717, 1.165) is 4.90 Å². The van der Waals surface area contributed by atoms with E-state index in [1.165, 1.54) is 4.90 Å². The van der Waals surface area contributed by atoms with E-state index >= 15 is 0 Å². The Balaban J connectivity index is 2.70. The fourth-order valence-corrected chi connectivity index (χ4v) is 1.62. The van der Waals surface area contributed by atoms with Gasteiger partial charge in [-0.25, -0.2) is 0 Å². The van der Waals surface area contributed by atoms with Crippen LogP contribution < -0.4 is 5.32 Å². The molecule has 1 N–H and O–H groups in total. The number of nitrogens with zero attached hydrogens (tertiary/aromatic N) is 2. The minimum Gasteiger partial charge on any atom is -0.344 e. The molecule has 1 atom stereocenters. The van der Waals surface area contributed by atoms with Crippen LogP contribution >= 0.6 is 0 Å². The lowest BCUT2D eigenvalue weighted by Gasteiger charge is -2.31. The molecule has 0 radical (unpaired) electrons. The highest BCUT2D eigenvalue weighted by atomic mass is 16.2. The third-order valence-corrected chi connectivity index (χ3v) is 2.97. The first-order valence-electron chi connectivity index (χ1n) is 5.82. The lowest BCUT2D eigenvalue weighted by molar-refractivity contribution is -0.153. The quantitative estimate of drug-likeness (QED) is 0.654. The Bertz CT molecular complexity index is 330. The molecule has 96 valence electrons. The highest BCUT2D eigenvalue weighted by Gasteiger charge is 2.34. The number of rotatable bonds is 4. The van der Waals surface area contributed by atoms with Crippen molar-refractivity contribution in [2.45, 2.75) is 26.3 Å². The molecule has 1 fully saturated rings. The smallest absolute Gasteiger partial charge is 0.246 e. The molecule has 0 aromatic heterocycles. The van der Waals surface area contributed by atoms with Crippen molar-refractivity contribution in [2.75, 3.05) is 26.7 Å². The van der Waals surface area contributed by atoms with Gasteiger partial charge in [0.15, 0.2) is 0 Å². The number of carbonyl (C=O) groups is 3. The van der Waals surface area contributed by atoms with E-state index < -0.39 is 0 Å². The maximum Gasteiger partial charge on any atom is 0.246 e. The maximum absolute atomic E-state index is 11.9. The van der Waals surface area contributed by atoms with Crippen LogP contribution in [-0.4, -0.2) is 60.2 Å². The summed E-state index contributed by atoms with van der Waals surface area (Å²) in [6.07, 6.45) is 0.612. The van der Waals surface area contributed by atoms with E-state index in [4.69, 9.17) is 0 Å². The summed E-state index contributed by atoms with van der Waals surface area (Å²) in [6, 6.07) is -0.354. The molecule has 0 saturated carbocycles. The number of amides is 3. The van der Waals surface area contributed by atoms with Crippen LogP contribution in [0.4, 0.5) is 0 Å². The summed E-state index contributed by atoms with van der Waals surface area (Å²) in [5.74, 6) is -0.856. The molecule has 6 heteroatoms. The molecule has 1 aliphatic heterocycles. The highest BCUT2D eigenvalue weighted by Crippen LogP contribution is 2.06. The average Bonchev–Trinajstić information content (AvgIpc) is 2.33. The van der Waals surface area contributed by atoms with Crippen molar-refractivity contribution in [1.29, 1.82) is 0 Å². The van der Waals surface area contributed by atoms with Gasteiger partial charge in [-0.2, -0.15) is 0 Å². The van der Waals surface area contributed by atoms with Crippen LogP contribution in [0.2, 0.25) is 0 Å². The van der Waals surface area contributed by atoms with Gasteiger partial charge in [-0.3, -0.25) is 24.6 Å². The molecular formula is C11H19N3O3. The van der Waals surface area contributed by atoms with Crippen LogP contribution in [0.15, 0.2) is 0 Å². The Labute approximate surface area is 101 Å². The third-order valence-electron chi connectivity index (χ3n) is 2.97. The number of nitrogens with one attached hydrogen (secondary N) is 1. The zero-order valence-corrected chi connectivity index (χ0v) is 10.5. The molecule has 3 amide bonds. The first-order valence-corrected chi connectivity index (χ1v) is 5.82. The molecule has 1 aliphatic rings. The van der Waals surface area contributed by atoms with Crippen LogP contribution in [0.5, 0.6) is 0 Å². The molecular weight excluding hydrogens is 222 g/mol. The Kier molecular flexibility index (Phi) is 4.62. The van der Waals surface area contributed by atoms with Crippen molar-refractivity contribution in [3.05, 3.63) is 0 Å². The molecule has 1 rings (SSSR count). The van der Waals surface area contributed by atoms with Gasteiger partial charge < -0.3 is 4.90 Å². The lowest BCUT2D eigenvalue weighted by Crippen LogP contribution is -2.59. The van der Waals surface area contributed by atoms with E-state index in [0.29, 0.717) is 13.0 Å². The van der Waals surface area contributed by atoms with E-state index in [1.807, 2.05) is 13.8 Å². The van der Waals surface area contributed by atoms with Crippen molar-refractivity contribution in [2.24, 2.45) is 0 Å². The highest BCUT2D eigenvalue weighted by molar-refractivity contribution is 6.03. The molecule has 0 spiro atoms. The second kappa shape index (κ2) is 5.77. The van der Waals surface area contributed by atoms with Gasteiger partial charge in [0.2, 0.25) is 17.7 Å². The molecule has 1 unspecified atom stereocenters. The largest absolute Gasteiger partial charge is 0.344 e. The third kappa shape index (κ3) is 3.03. The molecule has 1 heterocycles. The van der Waals surface area contributed by atoms with Crippen molar-refractivity contribution < 1.29 is 14.4 Å². The van der Waals surface area contributed by atoms with E-state index in [-0.39, 0.29) is 36.9 Å². The molecule has 17 heavy (non-hydrogen) atoms. The van der Waals surface area contributed by atoms with Crippen molar-refractivity contribution in [3.63, 3.8) is 0 Å². The van der Waals surface area contributed by atoms with E-state index in [9.17, 15) is 14.4 Å². The molecule has 6 nitrogen and oxygen atoms in total. The number of piperazine rings is 1. The molecule has 0 aromatic carbocycles. The fourth-order valence-electron chi connectivity index (χ4n) is 1.62.